The lowest BCUT2D eigenvalue weighted by Gasteiger charge is -2.30. The number of rotatable bonds is 7. The van der Waals surface area contributed by atoms with Gasteiger partial charge in [0.25, 0.3) is 0 Å². The molecule has 4 nitrogen and oxygen atoms in total. The Kier molecular flexibility index (Phi) is 8.72. The molecule has 7 heteroatoms. The molecule has 1 aromatic carbocycles. The molecule has 30 heavy (non-hydrogen) atoms. The number of amides is 1. The van der Waals surface area contributed by atoms with Crippen LogP contribution in [0.2, 0.25) is 0 Å². The summed E-state index contributed by atoms with van der Waals surface area (Å²) in [7, 11) is 0. The fourth-order valence-electron chi connectivity index (χ4n) is 3.23. The Bertz CT molecular complexity index is 790. The normalized spacial score (nSPS) is 17.3. The van der Waals surface area contributed by atoms with Crippen LogP contribution in [0.15, 0.2) is 53.8 Å². The summed E-state index contributed by atoms with van der Waals surface area (Å²) in [6.07, 6.45) is 3.26. The van der Waals surface area contributed by atoms with Crippen molar-refractivity contribution in [3.8, 4) is 0 Å². The number of hydrogen-bond donors (Lipinski definition) is 1. The first-order valence-electron chi connectivity index (χ1n) is 10.1. The second kappa shape index (κ2) is 11.0. The van der Waals surface area contributed by atoms with Gasteiger partial charge in [0, 0.05) is 24.9 Å². The lowest BCUT2D eigenvalue weighted by Crippen LogP contribution is -2.36. The van der Waals surface area contributed by atoms with Gasteiger partial charge in [0.1, 0.15) is 0 Å². The highest BCUT2D eigenvalue weighted by Gasteiger charge is 2.29. The molecule has 1 aliphatic rings. The summed E-state index contributed by atoms with van der Waals surface area (Å²) in [6, 6.07) is 4.54. The fourth-order valence-corrected chi connectivity index (χ4v) is 3.23. The molecule has 1 unspecified atom stereocenters. The number of alkyl halides is 3. The van der Waals surface area contributed by atoms with Crippen molar-refractivity contribution in [1.82, 2.24) is 10.2 Å². The predicted molar refractivity (Wildman–Crippen MR) is 113 cm³/mol. The van der Waals surface area contributed by atoms with Crippen molar-refractivity contribution in [2.45, 2.75) is 39.4 Å². The minimum absolute atomic E-state index is 0.157. The van der Waals surface area contributed by atoms with Gasteiger partial charge in [0.05, 0.1) is 24.8 Å². The number of hydrogen-bond acceptors (Lipinski definition) is 3. The van der Waals surface area contributed by atoms with Crippen molar-refractivity contribution in [2.24, 2.45) is 0 Å². The van der Waals surface area contributed by atoms with E-state index < -0.39 is 11.7 Å². The van der Waals surface area contributed by atoms with Gasteiger partial charge in [-0.05, 0) is 55.7 Å². The molecule has 0 saturated carbocycles. The van der Waals surface area contributed by atoms with Crippen LogP contribution in [-0.2, 0) is 15.7 Å². The Morgan fingerprint density at radius 3 is 2.40 bits per heavy atom. The molecule has 1 aliphatic heterocycles. The van der Waals surface area contributed by atoms with Crippen LogP contribution in [-0.4, -0.2) is 43.2 Å². The van der Waals surface area contributed by atoms with E-state index in [0.717, 1.165) is 36.5 Å². The summed E-state index contributed by atoms with van der Waals surface area (Å²) in [5.74, 6) is -0.293. The number of halogens is 3. The van der Waals surface area contributed by atoms with Crippen molar-refractivity contribution < 1.29 is 22.7 Å². The molecule has 1 amide bonds. The molecule has 1 N–H and O–H groups in total. The predicted octanol–water partition coefficient (Wildman–Crippen LogP) is 4.80. The Labute approximate surface area is 176 Å². The maximum Gasteiger partial charge on any atom is 0.416 e. The van der Waals surface area contributed by atoms with Gasteiger partial charge >= 0.3 is 6.18 Å². The van der Waals surface area contributed by atoms with Crippen molar-refractivity contribution in [2.75, 3.05) is 26.3 Å². The zero-order valence-corrected chi connectivity index (χ0v) is 17.6. The zero-order chi connectivity index (χ0) is 22.1. The van der Waals surface area contributed by atoms with Crippen LogP contribution in [0.5, 0.6) is 0 Å². The molecule has 0 spiro atoms. The molecule has 1 fully saturated rings. The van der Waals surface area contributed by atoms with Crippen LogP contribution >= 0.6 is 0 Å². The van der Waals surface area contributed by atoms with Gasteiger partial charge in [-0.25, -0.2) is 0 Å². The van der Waals surface area contributed by atoms with E-state index in [0.29, 0.717) is 25.2 Å². The SMILES string of the molecule is C/C=C(\C=C(/C)N1CCOCC1)C(CC)NC(=O)/C=C/c1ccc(C(F)(F)F)cc1. The highest BCUT2D eigenvalue weighted by Crippen LogP contribution is 2.29. The van der Waals surface area contributed by atoms with Gasteiger partial charge < -0.3 is 15.0 Å². The Hall–Kier alpha value is -2.54. The summed E-state index contributed by atoms with van der Waals surface area (Å²) in [6.45, 7) is 9.08. The van der Waals surface area contributed by atoms with Gasteiger partial charge in [-0.2, -0.15) is 13.2 Å². The van der Waals surface area contributed by atoms with Crippen molar-refractivity contribution >= 4 is 12.0 Å². The minimum atomic E-state index is -4.37. The van der Waals surface area contributed by atoms with E-state index in [1.165, 1.54) is 24.3 Å². The fraction of sp³-hybridized carbons (Fsp3) is 0.435. The molecule has 1 atom stereocenters. The standard InChI is InChI=1S/C23H29F3N2O2/c1-4-19(16-17(3)28-12-14-30-15-13-28)21(5-2)27-22(29)11-8-18-6-9-20(10-7-18)23(24,25)26/h4,6-11,16,21H,5,12-15H2,1-3H3,(H,27,29)/b11-8+,17-16+,19-4+. The van der Waals surface area contributed by atoms with E-state index in [9.17, 15) is 18.0 Å². The van der Waals surface area contributed by atoms with Crippen LogP contribution in [0.3, 0.4) is 0 Å². The average Bonchev–Trinajstić information content (AvgIpc) is 2.74. The van der Waals surface area contributed by atoms with E-state index in [-0.39, 0.29) is 11.9 Å². The second-order valence-corrected chi connectivity index (χ2v) is 7.10. The van der Waals surface area contributed by atoms with Gasteiger partial charge in [0.15, 0.2) is 0 Å². The zero-order valence-electron chi connectivity index (χ0n) is 17.6. The molecule has 0 bridgehead atoms. The van der Waals surface area contributed by atoms with Crippen LogP contribution in [0, 0.1) is 0 Å². The molecule has 0 aromatic heterocycles. The third-order valence-corrected chi connectivity index (χ3v) is 5.01. The maximum atomic E-state index is 12.6. The molecule has 0 aliphatic carbocycles. The van der Waals surface area contributed by atoms with E-state index >= 15 is 0 Å². The number of nitrogens with one attached hydrogen (secondary N) is 1. The molecule has 2 rings (SSSR count). The molecule has 1 heterocycles. The maximum absolute atomic E-state index is 12.6. The summed E-state index contributed by atoms with van der Waals surface area (Å²) < 4.78 is 43.3. The quantitative estimate of drug-likeness (QED) is 0.507. The number of ether oxygens (including phenoxy) is 1. The highest BCUT2D eigenvalue weighted by molar-refractivity contribution is 5.92. The smallest absolute Gasteiger partial charge is 0.378 e. The van der Waals surface area contributed by atoms with Gasteiger partial charge in [0.2, 0.25) is 5.91 Å². The second-order valence-electron chi connectivity index (χ2n) is 7.10. The van der Waals surface area contributed by atoms with Crippen LogP contribution in [0.4, 0.5) is 13.2 Å². The first kappa shape index (κ1) is 23.7. The molecule has 1 saturated heterocycles. The monoisotopic (exact) mass is 422 g/mol. The average molecular weight is 422 g/mol. The van der Waals surface area contributed by atoms with E-state index in [1.807, 2.05) is 26.8 Å². The van der Waals surface area contributed by atoms with Crippen LogP contribution in [0.25, 0.3) is 6.08 Å². The van der Waals surface area contributed by atoms with Gasteiger partial charge in [-0.15, -0.1) is 0 Å². The molecular weight excluding hydrogens is 393 g/mol. The largest absolute Gasteiger partial charge is 0.416 e. The molecular formula is C23H29F3N2O2. The third kappa shape index (κ3) is 7.06. The van der Waals surface area contributed by atoms with Crippen LogP contribution in [0.1, 0.15) is 38.3 Å². The van der Waals surface area contributed by atoms with Crippen molar-refractivity contribution in [3.05, 3.63) is 64.9 Å². The van der Waals surface area contributed by atoms with E-state index in [2.05, 4.69) is 16.3 Å². The molecule has 0 radical (unpaired) electrons. The Balaban J connectivity index is 2.01. The minimum Gasteiger partial charge on any atom is -0.378 e. The lowest BCUT2D eigenvalue weighted by molar-refractivity contribution is -0.137. The number of carbonyl (C=O) groups is 1. The van der Waals surface area contributed by atoms with E-state index in [1.54, 1.807) is 0 Å². The lowest BCUT2D eigenvalue weighted by atomic mass is 10.0. The number of carbonyl (C=O) groups excluding carboxylic acids is 1. The first-order valence-corrected chi connectivity index (χ1v) is 10.1. The third-order valence-electron chi connectivity index (χ3n) is 5.01. The first-order chi connectivity index (χ1) is 14.2. The number of allylic oxidation sites excluding steroid dienone is 2. The summed E-state index contributed by atoms with van der Waals surface area (Å²) in [5, 5.41) is 2.97. The van der Waals surface area contributed by atoms with Gasteiger partial charge in [-0.1, -0.05) is 25.1 Å². The molecule has 164 valence electrons. The van der Waals surface area contributed by atoms with E-state index in [4.69, 9.17) is 4.74 Å². The van der Waals surface area contributed by atoms with Crippen molar-refractivity contribution in [3.63, 3.8) is 0 Å². The summed E-state index contributed by atoms with van der Waals surface area (Å²) in [4.78, 5) is 14.6. The van der Waals surface area contributed by atoms with Crippen LogP contribution < -0.4 is 5.32 Å². The Morgan fingerprint density at radius 2 is 1.87 bits per heavy atom. The topological polar surface area (TPSA) is 41.6 Å². The number of nitrogens with zero attached hydrogens (tertiary/aromatic N) is 1. The highest BCUT2D eigenvalue weighted by atomic mass is 19.4. The Morgan fingerprint density at radius 1 is 1.23 bits per heavy atom. The van der Waals surface area contributed by atoms with Crippen molar-refractivity contribution in [1.29, 1.82) is 0 Å². The molecule has 1 aromatic rings. The summed E-state index contributed by atoms with van der Waals surface area (Å²) in [5.41, 5.74) is 1.95. The number of benzene rings is 1. The summed E-state index contributed by atoms with van der Waals surface area (Å²) >= 11 is 0. The van der Waals surface area contributed by atoms with Gasteiger partial charge in [-0.3, -0.25) is 4.79 Å². The number of morpholine rings is 1.